The van der Waals surface area contributed by atoms with E-state index in [9.17, 15) is 18.0 Å². The average Bonchev–Trinajstić information content (AvgIpc) is 3.08. The molecule has 1 atom stereocenters. The van der Waals surface area contributed by atoms with Gasteiger partial charge >= 0.3 is 11.9 Å². The fourth-order valence-electron chi connectivity index (χ4n) is 5.32. The molecule has 0 heterocycles. The minimum atomic E-state index is -3.54. The van der Waals surface area contributed by atoms with Crippen molar-refractivity contribution in [2.45, 2.75) is 102 Å². The Labute approximate surface area is 304 Å². The summed E-state index contributed by atoms with van der Waals surface area (Å²) in [5.41, 5.74) is 1.78. The number of aryl methyl sites for hydroxylation is 1. The van der Waals surface area contributed by atoms with Gasteiger partial charge in [0.25, 0.3) is 10.1 Å². The predicted molar refractivity (Wildman–Crippen MR) is 202 cm³/mol. The van der Waals surface area contributed by atoms with Gasteiger partial charge in [0, 0.05) is 6.42 Å². The molecule has 0 saturated carbocycles. The van der Waals surface area contributed by atoms with Crippen LogP contribution in [0.5, 0.6) is 0 Å². The lowest BCUT2D eigenvalue weighted by molar-refractivity contribution is -0.159. The Morgan fingerprint density at radius 3 is 1.49 bits per heavy atom. The van der Waals surface area contributed by atoms with Crippen LogP contribution >= 0.6 is 0 Å². The van der Waals surface area contributed by atoms with Gasteiger partial charge in [0.2, 0.25) is 0 Å². The van der Waals surface area contributed by atoms with Gasteiger partial charge in [-0.15, -0.1) is 0 Å². The van der Waals surface area contributed by atoms with Crippen molar-refractivity contribution < 1.29 is 31.7 Å². The van der Waals surface area contributed by atoms with Gasteiger partial charge in [-0.3, -0.25) is 19.1 Å². The summed E-state index contributed by atoms with van der Waals surface area (Å²) >= 11 is 0. The summed E-state index contributed by atoms with van der Waals surface area (Å²) in [5.74, 6) is -0.768. The molecule has 0 saturated heterocycles. The number of benzene rings is 4. The largest absolute Gasteiger partial charge is 0.460 e. The molecule has 4 rings (SSSR count). The molecule has 8 nitrogen and oxygen atoms in total. The Balaban J connectivity index is 0.000000419. The molecule has 0 bridgehead atoms. The zero-order valence-corrected chi connectivity index (χ0v) is 32.0. The molecule has 1 N–H and O–H groups in total. The van der Waals surface area contributed by atoms with Crippen LogP contribution in [0, 0.1) is 6.92 Å². The fourth-order valence-corrected chi connectivity index (χ4v) is 6.31. The van der Waals surface area contributed by atoms with Gasteiger partial charge in [0.05, 0.1) is 17.0 Å². The Hall–Kier alpha value is -4.31. The van der Waals surface area contributed by atoms with Crippen LogP contribution in [0.2, 0.25) is 0 Å². The van der Waals surface area contributed by atoms with Crippen molar-refractivity contribution in [2.24, 2.45) is 0 Å². The number of hydrogen-bond donors (Lipinski definition) is 1. The van der Waals surface area contributed by atoms with Gasteiger partial charge in [-0.25, -0.2) is 0 Å². The van der Waals surface area contributed by atoms with Crippen molar-refractivity contribution >= 4 is 22.1 Å². The number of hydrogen-bond acceptors (Lipinski definition) is 8. The first-order chi connectivity index (χ1) is 24.0. The summed E-state index contributed by atoms with van der Waals surface area (Å²) in [6, 6.07) is 36.0. The first-order valence-corrected chi connectivity index (χ1v) is 18.7. The molecular formula is C42H53NO7S. The molecule has 0 aliphatic heterocycles. The second-order valence-corrected chi connectivity index (χ2v) is 15.9. The van der Waals surface area contributed by atoms with Crippen LogP contribution in [-0.4, -0.2) is 44.2 Å². The molecule has 0 aliphatic rings. The van der Waals surface area contributed by atoms with Crippen molar-refractivity contribution in [3.8, 4) is 0 Å². The van der Waals surface area contributed by atoms with E-state index < -0.39 is 38.9 Å². The molecule has 0 spiro atoms. The van der Waals surface area contributed by atoms with E-state index in [0.717, 1.165) is 22.3 Å². The first kappa shape index (κ1) is 41.1. The smallest absolute Gasteiger partial charge is 0.323 e. The summed E-state index contributed by atoms with van der Waals surface area (Å²) in [7, 11) is -3.54. The number of nitrogens with one attached hydrogen (secondary N) is 1. The minimum absolute atomic E-state index is 0.0721. The highest BCUT2D eigenvalue weighted by molar-refractivity contribution is 7.86. The maximum atomic E-state index is 13.6. The number of carbonyl (C=O) groups is 2. The van der Waals surface area contributed by atoms with E-state index in [1.807, 2.05) is 146 Å². The van der Waals surface area contributed by atoms with Crippen molar-refractivity contribution in [3.05, 3.63) is 138 Å². The Kier molecular flexibility index (Phi) is 14.7. The van der Waals surface area contributed by atoms with E-state index >= 15 is 0 Å². The normalized spacial score (nSPS) is 12.6. The molecule has 1 unspecified atom stereocenters. The molecule has 0 aromatic heterocycles. The molecule has 0 radical (unpaired) electrons. The zero-order chi connectivity index (χ0) is 37.7. The number of carbonyl (C=O) groups excluding carboxylic acids is 2. The molecule has 4 aromatic carbocycles. The van der Waals surface area contributed by atoms with Crippen LogP contribution in [0.3, 0.4) is 0 Å². The topological polar surface area (TPSA) is 108 Å². The highest BCUT2D eigenvalue weighted by Gasteiger charge is 2.41. The van der Waals surface area contributed by atoms with E-state index in [1.54, 1.807) is 24.3 Å². The third-order valence-electron chi connectivity index (χ3n) is 7.51. The maximum Gasteiger partial charge on any atom is 0.323 e. The van der Waals surface area contributed by atoms with Crippen molar-refractivity contribution in [1.29, 1.82) is 0 Å². The Bertz CT molecular complexity index is 1670. The van der Waals surface area contributed by atoms with Crippen LogP contribution in [0.4, 0.5) is 0 Å². The van der Waals surface area contributed by atoms with Crippen LogP contribution < -0.4 is 5.32 Å². The molecule has 0 fully saturated rings. The lowest BCUT2D eigenvalue weighted by Crippen LogP contribution is -2.54. The summed E-state index contributed by atoms with van der Waals surface area (Å²) in [4.78, 5) is 26.5. The maximum absolute atomic E-state index is 13.6. The summed E-state index contributed by atoms with van der Waals surface area (Å²) < 4.78 is 39.1. The van der Waals surface area contributed by atoms with Crippen molar-refractivity contribution in [2.75, 3.05) is 6.61 Å². The number of ether oxygens (including phenoxy) is 2. The van der Waals surface area contributed by atoms with Crippen molar-refractivity contribution in [1.82, 2.24) is 5.32 Å². The van der Waals surface area contributed by atoms with Gasteiger partial charge in [-0.05, 0) is 90.1 Å². The number of rotatable bonds is 13. The van der Waals surface area contributed by atoms with Gasteiger partial charge in [0.1, 0.15) is 17.2 Å². The summed E-state index contributed by atoms with van der Waals surface area (Å²) in [5, 5.41) is 3.67. The predicted octanol–water partition coefficient (Wildman–Crippen LogP) is 8.51. The highest BCUT2D eigenvalue weighted by Crippen LogP contribution is 2.38. The Morgan fingerprint density at radius 2 is 1.10 bits per heavy atom. The highest BCUT2D eigenvalue weighted by atomic mass is 32.2. The quantitative estimate of drug-likeness (QED) is 0.0834. The van der Waals surface area contributed by atoms with E-state index in [4.69, 9.17) is 13.7 Å². The molecule has 274 valence electrons. The molecule has 0 aliphatic carbocycles. The number of esters is 2. The molecule has 4 aromatic rings. The van der Waals surface area contributed by atoms with E-state index in [0.29, 0.717) is 6.42 Å². The third kappa shape index (κ3) is 12.8. The lowest BCUT2D eigenvalue weighted by Gasteiger charge is -2.40. The van der Waals surface area contributed by atoms with Crippen LogP contribution in [0.25, 0.3) is 0 Å². The molecule has 9 heteroatoms. The molecule has 51 heavy (non-hydrogen) atoms. The summed E-state index contributed by atoms with van der Waals surface area (Å²) in [6.07, 6.45) is 0.978. The SMILES string of the molecule is CC(C)(C)OC(=O)CCC(NC(c1ccccc1)(c1ccccc1)c1ccccc1)C(=O)OC(C)(C)C.CCCOS(=O)(=O)c1ccc(C)cc1. The Morgan fingerprint density at radius 1 is 0.667 bits per heavy atom. The minimum Gasteiger partial charge on any atom is -0.460 e. The molecule has 0 amide bonds. The van der Waals surface area contributed by atoms with Gasteiger partial charge < -0.3 is 9.47 Å². The van der Waals surface area contributed by atoms with Gasteiger partial charge in [-0.2, -0.15) is 8.42 Å². The first-order valence-electron chi connectivity index (χ1n) is 17.3. The van der Waals surface area contributed by atoms with Crippen molar-refractivity contribution in [3.63, 3.8) is 0 Å². The summed E-state index contributed by atoms with van der Waals surface area (Å²) in [6.45, 7) is 15.0. The second kappa shape index (κ2) is 18.3. The van der Waals surface area contributed by atoms with Crippen LogP contribution in [0.15, 0.2) is 120 Å². The van der Waals surface area contributed by atoms with Gasteiger partial charge in [0.15, 0.2) is 0 Å². The monoisotopic (exact) mass is 715 g/mol. The third-order valence-corrected chi connectivity index (χ3v) is 8.84. The van der Waals surface area contributed by atoms with E-state index in [2.05, 4.69) is 5.32 Å². The van der Waals surface area contributed by atoms with Crippen LogP contribution in [0.1, 0.15) is 90.0 Å². The van der Waals surface area contributed by atoms with Crippen LogP contribution in [-0.2, 0) is 38.9 Å². The second-order valence-electron chi connectivity index (χ2n) is 14.3. The average molecular weight is 716 g/mol. The van der Waals surface area contributed by atoms with Gasteiger partial charge in [-0.1, -0.05) is 116 Å². The van der Waals surface area contributed by atoms with E-state index in [-0.39, 0.29) is 30.3 Å². The standard InChI is InChI=1S/C32H39NO4.C10H14O3S/c1-30(2,3)36-28(34)23-22-27(29(35)37-31(4,5)6)33-32(24-16-10-7-11-17-24,25-18-12-8-13-19-25)26-20-14-9-15-21-26;1-3-8-13-14(11,12)10-6-4-9(2)5-7-10/h7-21,27,33H,22-23H2,1-6H3;4-7H,3,8H2,1-2H3. The van der Waals surface area contributed by atoms with E-state index in [1.165, 1.54) is 0 Å². The lowest BCUT2D eigenvalue weighted by atomic mass is 9.76. The molecular weight excluding hydrogens is 663 g/mol. The fraction of sp³-hybridized carbons (Fsp3) is 0.381. The zero-order valence-electron chi connectivity index (χ0n) is 31.1.